The molecule has 0 spiro atoms. The fraction of sp³-hybridized carbons (Fsp3) is 0.133. The van der Waals surface area contributed by atoms with Crippen molar-refractivity contribution in [1.82, 2.24) is 4.57 Å². The number of hydrogen-bond donors (Lipinski definition) is 1. The van der Waals surface area contributed by atoms with Gasteiger partial charge in [-0.3, -0.25) is 9.36 Å². The van der Waals surface area contributed by atoms with Crippen LogP contribution in [0.5, 0.6) is 5.75 Å². The molecule has 1 aliphatic heterocycles. The fourth-order valence-corrected chi connectivity index (χ4v) is 5.39. The average molecular weight is 559 g/mol. The zero-order valence-corrected chi connectivity index (χ0v) is 22.1. The van der Waals surface area contributed by atoms with Crippen molar-refractivity contribution < 1.29 is 28.6 Å². The number of halogens is 1. The molecule has 10 heteroatoms. The number of ether oxygens (including phenoxy) is 2. The summed E-state index contributed by atoms with van der Waals surface area (Å²) in [6, 6.07) is 20.5. The SMILES string of the molecule is CCOC(=O)C1=C(c2ccccc2)N=c2s/c(=C\c3cccc(OCC(=O)O)c3)c(=O)n2[C@H]1c1ccc(F)cc1. The van der Waals surface area contributed by atoms with E-state index in [0.717, 1.165) is 11.3 Å². The second-order valence-electron chi connectivity index (χ2n) is 8.74. The summed E-state index contributed by atoms with van der Waals surface area (Å²) in [6.07, 6.45) is 1.65. The van der Waals surface area contributed by atoms with E-state index in [9.17, 15) is 18.8 Å². The highest BCUT2D eigenvalue weighted by molar-refractivity contribution is 7.07. The number of hydrogen-bond acceptors (Lipinski definition) is 7. The van der Waals surface area contributed by atoms with E-state index in [0.29, 0.717) is 37.5 Å². The number of fused-ring (bicyclic) bond motifs is 1. The molecule has 1 N–H and O–H groups in total. The van der Waals surface area contributed by atoms with Gasteiger partial charge >= 0.3 is 11.9 Å². The second-order valence-corrected chi connectivity index (χ2v) is 9.75. The molecular weight excluding hydrogens is 535 g/mol. The molecule has 3 aromatic carbocycles. The van der Waals surface area contributed by atoms with E-state index in [1.165, 1.54) is 28.8 Å². The van der Waals surface area contributed by atoms with Crippen LogP contribution in [0, 0.1) is 5.82 Å². The first-order valence-corrected chi connectivity index (χ1v) is 13.2. The lowest BCUT2D eigenvalue weighted by atomic mass is 9.93. The van der Waals surface area contributed by atoms with Crippen LogP contribution in [-0.4, -0.2) is 34.8 Å². The maximum atomic E-state index is 13.9. The van der Waals surface area contributed by atoms with E-state index in [-0.39, 0.29) is 12.2 Å². The number of carbonyl (C=O) groups excluding carboxylic acids is 1. The van der Waals surface area contributed by atoms with Gasteiger partial charge in [-0.15, -0.1) is 0 Å². The molecule has 0 saturated heterocycles. The molecule has 2 heterocycles. The smallest absolute Gasteiger partial charge is 0.341 e. The van der Waals surface area contributed by atoms with Crippen LogP contribution in [0.2, 0.25) is 0 Å². The lowest BCUT2D eigenvalue weighted by Crippen LogP contribution is -2.40. The molecule has 0 aliphatic carbocycles. The molecule has 0 radical (unpaired) electrons. The van der Waals surface area contributed by atoms with E-state index in [1.54, 1.807) is 37.3 Å². The molecule has 202 valence electrons. The van der Waals surface area contributed by atoms with Gasteiger partial charge in [-0.2, -0.15) is 0 Å². The minimum atomic E-state index is -1.11. The van der Waals surface area contributed by atoms with Crippen LogP contribution in [0.4, 0.5) is 4.39 Å². The van der Waals surface area contributed by atoms with Crippen molar-refractivity contribution in [2.75, 3.05) is 13.2 Å². The molecule has 1 aliphatic rings. The summed E-state index contributed by atoms with van der Waals surface area (Å²) in [7, 11) is 0. The minimum Gasteiger partial charge on any atom is -0.482 e. The molecule has 1 aromatic heterocycles. The molecular formula is C30H23FN2O6S. The quantitative estimate of drug-likeness (QED) is 0.332. The van der Waals surface area contributed by atoms with Crippen molar-refractivity contribution in [2.45, 2.75) is 13.0 Å². The minimum absolute atomic E-state index is 0.116. The van der Waals surface area contributed by atoms with Gasteiger partial charge in [0.1, 0.15) is 11.6 Å². The summed E-state index contributed by atoms with van der Waals surface area (Å²) in [5.41, 5.74) is 1.93. The van der Waals surface area contributed by atoms with Crippen LogP contribution < -0.4 is 19.6 Å². The van der Waals surface area contributed by atoms with Gasteiger partial charge in [-0.25, -0.2) is 19.0 Å². The van der Waals surface area contributed by atoms with Crippen LogP contribution >= 0.6 is 11.3 Å². The third-order valence-corrected chi connectivity index (χ3v) is 7.06. The lowest BCUT2D eigenvalue weighted by molar-refractivity contribution is -0.140. The van der Waals surface area contributed by atoms with E-state index >= 15 is 0 Å². The molecule has 40 heavy (non-hydrogen) atoms. The Morgan fingerprint density at radius 3 is 2.52 bits per heavy atom. The van der Waals surface area contributed by atoms with Gasteiger partial charge in [0.05, 0.1) is 28.5 Å². The Balaban J connectivity index is 1.74. The molecule has 0 saturated carbocycles. The van der Waals surface area contributed by atoms with Gasteiger partial charge in [0.25, 0.3) is 5.56 Å². The Morgan fingerprint density at radius 2 is 1.82 bits per heavy atom. The first-order chi connectivity index (χ1) is 19.4. The largest absolute Gasteiger partial charge is 0.482 e. The molecule has 5 rings (SSSR count). The standard InChI is InChI=1S/C30H23FN2O6S/c1-2-38-29(37)25-26(19-8-4-3-5-9-19)32-30-33(27(25)20-11-13-21(31)14-12-20)28(36)23(40-30)16-18-7-6-10-22(15-18)39-17-24(34)35/h3-16,27H,2,17H2,1H3,(H,34,35)/b23-16-/t27-/m0/s1. The van der Waals surface area contributed by atoms with Crippen molar-refractivity contribution >= 4 is 35.0 Å². The zero-order valence-electron chi connectivity index (χ0n) is 21.2. The van der Waals surface area contributed by atoms with E-state index in [4.69, 9.17) is 19.6 Å². The van der Waals surface area contributed by atoms with Gasteiger partial charge in [-0.05, 0) is 48.4 Å². The summed E-state index contributed by atoms with van der Waals surface area (Å²) >= 11 is 1.14. The number of carboxylic acids is 1. The summed E-state index contributed by atoms with van der Waals surface area (Å²) in [5, 5.41) is 8.90. The van der Waals surface area contributed by atoms with Crippen LogP contribution in [-0.2, 0) is 14.3 Å². The van der Waals surface area contributed by atoms with Crippen molar-refractivity contribution in [1.29, 1.82) is 0 Å². The molecule has 0 amide bonds. The van der Waals surface area contributed by atoms with Crippen LogP contribution in [0.25, 0.3) is 11.8 Å². The third kappa shape index (κ3) is 5.48. The number of aromatic nitrogens is 1. The predicted molar refractivity (Wildman–Crippen MR) is 147 cm³/mol. The fourth-order valence-electron chi connectivity index (χ4n) is 4.39. The molecule has 1 atom stereocenters. The van der Waals surface area contributed by atoms with Gasteiger partial charge in [-0.1, -0.05) is 65.9 Å². The molecule has 4 aromatic rings. The van der Waals surface area contributed by atoms with E-state index in [1.807, 2.05) is 30.3 Å². The van der Waals surface area contributed by atoms with Crippen molar-refractivity contribution in [3.8, 4) is 5.75 Å². The summed E-state index contributed by atoms with van der Waals surface area (Å²) in [6.45, 7) is 1.31. The average Bonchev–Trinajstić information content (AvgIpc) is 3.26. The Labute approximate surface area is 231 Å². The van der Waals surface area contributed by atoms with Crippen LogP contribution in [0.15, 0.2) is 94.2 Å². The predicted octanol–water partition coefficient (Wildman–Crippen LogP) is 3.54. The summed E-state index contributed by atoms with van der Waals surface area (Å²) in [5.74, 6) is -1.85. The highest BCUT2D eigenvalue weighted by atomic mass is 32.1. The van der Waals surface area contributed by atoms with Crippen molar-refractivity contribution in [2.24, 2.45) is 4.99 Å². The maximum Gasteiger partial charge on any atom is 0.341 e. The zero-order chi connectivity index (χ0) is 28.2. The molecule has 0 bridgehead atoms. The van der Waals surface area contributed by atoms with Crippen molar-refractivity contribution in [3.05, 3.63) is 127 Å². The highest BCUT2D eigenvalue weighted by Gasteiger charge is 2.35. The van der Waals surface area contributed by atoms with Gasteiger partial charge in [0, 0.05) is 5.56 Å². The Bertz CT molecular complexity index is 1790. The van der Waals surface area contributed by atoms with Gasteiger partial charge in [0.2, 0.25) is 0 Å². The Kier molecular flexibility index (Phi) is 7.70. The maximum absolute atomic E-state index is 13.9. The topological polar surface area (TPSA) is 107 Å². The normalized spacial score (nSPS) is 14.8. The Hall–Kier alpha value is -4.83. The monoisotopic (exact) mass is 558 g/mol. The Morgan fingerprint density at radius 1 is 1.07 bits per heavy atom. The van der Waals surface area contributed by atoms with E-state index in [2.05, 4.69) is 0 Å². The number of thiazole rings is 1. The number of rotatable bonds is 8. The number of nitrogens with zero attached hydrogens (tertiary/aromatic N) is 2. The summed E-state index contributed by atoms with van der Waals surface area (Å²) in [4.78, 5) is 43.3. The van der Waals surface area contributed by atoms with E-state index < -0.39 is 36.0 Å². The lowest BCUT2D eigenvalue weighted by Gasteiger charge is -2.25. The number of carbonyl (C=O) groups is 2. The molecule has 0 fully saturated rings. The number of benzene rings is 3. The molecule has 0 unspecified atom stereocenters. The van der Waals surface area contributed by atoms with Crippen LogP contribution in [0.3, 0.4) is 0 Å². The second kappa shape index (κ2) is 11.5. The number of carboxylic acid groups (broad SMARTS) is 1. The third-order valence-electron chi connectivity index (χ3n) is 6.08. The van der Waals surface area contributed by atoms with Crippen molar-refractivity contribution in [3.63, 3.8) is 0 Å². The first-order valence-electron chi connectivity index (χ1n) is 12.3. The molecule has 8 nitrogen and oxygen atoms in total. The first kappa shape index (κ1) is 26.8. The highest BCUT2D eigenvalue weighted by Crippen LogP contribution is 2.35. The van der Waals surface area contributed by atoms with Crippen LogP contribution in [0.1, 0.15) is 29.7 Å². The number of aliphatic carboxylic acids is 1. The van der Waals surface area contributed by atoms with Gasteiger partial charge in [0.15, 0.2) is 11.4 Å². The summed E-state index contributed by atoms with van der Waals surface area (Å²) < 4.78 is 26.3. The van der Waals surface area contributed by atoms with Gasteiger partial charge < -0.3 is 14.6 Å². The number of esters is 1.